The van der Waals surface area contributed by atoms with Gasteiger partial charge in [0.05, 0.1) is 17.1 Å². The minimum absolute atomic E-state index is 0.155. The van der Waals surface area contributed by atoms with Gasteiger partial charge in [-0.1, -0.05) is 0 Å². The average molecular weight is 316 g/mol. The van der Waals surface area contributed by atoms with Crippen molar-refractivity contribution < 1.29 is 22.3 Å². The first-order chi connectivity index (χ1) is 9.79. The van der Waals surface area contributed by atoms with Gasteiger partial charge in [-0.3, -0.25) is 4.79 Å². The fourth-order valence-corrected chi connectivity index (χ4v) is 2.73. The van der Waals surface area contributed by atoms with E-state index in [4.69, 9.17) is 9.88 Å². The molecule has 0 bridgehead atoms. The molecule has 8 heteroatoms. The Hall–Kier alpha value is -1.51. The maximum Gasteiger partial charge on any atom is 0.254 e. The number of halogens is 1. The molecule has 0 spiro atoms. The van der Waals surface area contributed by atoms with Crippen LogP contribution in [0.2, 0.25) is 0 Å². The van der Waals surface area contributed by atoms with Crippen LogP contribution in [0.5, 0.6) is 0 Å². The minimum atomic E-state index is -3.99. The van der Waals surface area contributed by atoms with E-state index in [1.54, 1.807) is 0 Å². The Balaban J connectivity index is 2.12. The first-order valence-electron chi connectivity index (χ1n) is 6.50. The molecule has 1 amide bonds. The predicted octanol–water partition coefficient (Wildman–Crippen LogP) is 0.628. The molecule has 1 fully saturated rings. The lowest BCUT2D eigenvalue weighted by Gasteiger charge is -2.19. The van der Waals surface area contributed by atoms with Crippen LogP contribution in [0.15, 0.2) is 23.1 Å². The largest absolute Gasteiger partial charge is 0.381 e. The van der Waals surface area contributed by atoms with Crippen LogP contribution in [0.3, 0.4) is 0 Å². The third kappa shape index (κ3) is 3.78. The van der Waals surface area contributed by atoms with Crippen LogP contribution in [-0.2, 0) is 14.8 Å². The fourth-order valence-electron chi connectivity index (χ4n) is 2.21. The highest BCUT2D eigenvalue weighted by Crippen LogP contribution is 2.18. The highest BCUT2D eigenvalue weighted by Gasteiger charge is 2.25. The number of carbonyl (C=O) groups excluding carboxylic acids is 1. The van der Waals surface area contributed by atoms with E-state index in [-0.39, 0.29) is 22.4 Å². The number of ether oxygens (including phenoxy) is 1. The Labute approximate surface area is 122 Å². The van der Waals surface area contributed by atoms with Crippen LogP contribution in [0.1, 0.15) is 23.7 Å². The van der Waals surface area contributed by atoms with Crippen molar-refractivity contribution in [1.29, 1.82) is 0 Å². The number of nitrogens with two attached hydrogens (primary N) is 1. The van der Waals surface area contributed by atoms with Crippen molar-refractivity contribution in [1.82, 2.24) is 5.32 Å². The second-order valence-corrected chi connectivity index (χ2v) is 6.63. The number of primary sulfonamides is 1. The van der Waals surface area contributed by atoms with E-state index in [9.17, 15) is 17.6 Å². The molecule has 0 radical (unpaired) electrons. The molecule has 1 heterocycles. The maximum absolute atomic E-state index is 13.9. The van der Waals surface area contributed by atoms with Gasteiger partial charge in [-0.2, -0.15) is 0 Å². The minimum Gasteiger partial charge on any atom is -0.381 e. The Morgan fingerprint density at radius 2 is 2.24 bits per heavy atom. The molecule has 21 heavy (non-hydrogen) atoms. The predicted molar refractivity (Wildman–Crippen MR) is 73.6 cm³/mol. The number of rotatable bonds is 4. The first-order valence-corrected chi connectivity index (χ1v) is 8.04. The smallest absolute Gasteiger partial charge is 0.254 e. The topological polar surface area (TPSA) is 98.5 Å². The average Bonchev–Trinajstić information content (AvgIpc) is 2.91. The van der Waals surface area contributed by atoms with E-state index in [1.807, 2.05) is 6.92 Å². The maximum atomic E-state index is 13.9. The van der Waals surface area contributed by atoms with E-state index in [2.05, 4.69) is 5.32 Å². The number of sulfonamides is 1. The summed E-state index contributed by atoms with van der Waals surface area (Å²) < 4.78 is 41.3. The summed E-state index contributed by atoms with van der Waals surface area (Å²) in [5.74, 6) is -1.32. The number of hydrogen-bond donors (Lipinski definition) is 2. The van der Waals surface area contributed by atoms with E-state index in [0.717, 1.165) is 24.6 Å². The van der Waals surface area contributed by atoms with Gasteiger partial charge in [0, 0.05) is 18.6 Å². The zero-order chi connectivity index (χ0) is 15.6. The molecule has 1 aliphatic heterocycles. The zero-order valence-electron chi connectivity index (χ0n) is 11.5. The molecule has 6 nitrogen and oxygen atoms in total. The summed E-state index contributed by atoms with van der Waals surface area (Å²) in [5.41, 5.74) is -0.215. The van der Waals surface area contributed by atoms with Gasteiger partial charge < -0.3 is 10.1 Å². The van der Waals surface area contributed by atoms with Gasteiger partial charge >= 0.3 is 0 Å². The highest BCUT2D eigenvalue weighted by atomic mass is 32.2. The van der Waals surface area contributed by atoms with Gasteiger partial charge in [0.2, 0.25) is 10.0 Å². The quantitative estimate of drug-likeness (QED) is 0.851. The molecule has 1 aliphatic rings. The van der Waals surface area contributed by atoms with Crippen molar-refractivity contribution in [3.05, 3.63) is 29.6 Å². The van der Waals surface area contributed by atoms with E-state index < -0.39 is 21.7 Å². The van der Waals surface area contributed by atoms with Gasteiger partial charge in [-0.15, -0.1) is 0 Å². The van der Waals surface area contributed by atoms with Gasteiger partial charge in [0.15, 0.2) is 0 Å². The van der Waals surface area contributed by atoms with Crippen LogP contribution in [-0.4, -0.2) is 33.6 Å². The molecule has 0 aliphatic carbocycles. The van der Waals surface area contributed by atoms with Crippen LogP contribution in [0.25, 0.3) is 0 Å². The summed E-state index contributed by atoms with van der Waals surface area (Å²) in [6, 6.07) is 2.81. The summed E-state index contributed by atoms with van der Waals surface area (Å²) in [6.45, 7) is 3.05. The molecule has 2 atom stereocenters. The molecule has 1 aromatic carbocycles. The third-order valence-corrected chi connectivity index (χ3v) is 4.46. The molecule has 0 saturated carbocycles. The molecule has 0 aromatic heterocycles. The summed E-state index contributed by atoms with van der Waals surface area (Å²) in [7, 11) is -3.99. The van der Waals surface area contributed by atoms with Crippen molar-refractivity contribution in [2.24, 2.45) is 11.1 Å². The lowest BCUT2D eigenvalue weighted by Crippen LogP contribution is -2.38. The van der Waals surface area contributed by atoms with Gasteiger partial charge in [0.1, 0.15) is 5.82 Å². The van der Waals surface area contributed by atoms with E-state index in [0.29, 0.717) is 13.2 Å². The zero-order valence-corrected chi connectivity index (χ0v) is 12.3. The Morgan fingerprint density at radius 3 is 2.76 bits per heavy atom. The molecular formula is C13H17FN2O4S. The second kappa shape index (κ2) is 6.08. The number of carbonyl (C=O) groups is 1. The number of nitrogens with one attached hydrogen (secondary N) is 1. The lowest BCUT2D eigenvalue weighted by atomic mass is 10.0. The molecule has 2 rings (SSSR count). The molecule has 116 valence electrons. The second-order valence-electron chi connectivity index (χ2n) is 5.07. The normalized spacial score (nSPS) is 20.2. The summed E-state index contributed by atoms with van der Waals surface area (Å²) in [5, 5.41) is 7.60. The molecule has 1 saturated heterocycles. The Bertz CT molecular complexity index is 642. The monoisotopic (exact) mass is 316 g/mol. The van der Waals surface area contributed by atoms with Crippen molar-refractivity contribution in [3.8, 4) is 0 Å². The van der Waals surface area contributed by atoms with Crippen molar-refractivity contribution >= 4 is 15.9 Å². The standard InChI is InChI=1S/C13H17FN2O4S/c1-8(9-4-5-20-7-9)16-13(17)11-3-2-10(6-12(11)14)21(15,18)19/h2-3,6,8-9H,4-5,7H2,1H3,(H,16,17)(H2,15,18,19). The van der Waals surface area contributed by atoms with Gasteiger partial charge in [-0.05, 0) is 31.5 Å². The molecule has 1 aromatic rings. The first kappa shape index (κ1) is 15.9. The van der Waals surface area contributed by atoms with Crippen molar-refractivity contribution in [2.75, 3.05) is 13.2 Å². The van der Waals surface area contributed by atoms with Crippen LogP contribution in [0, 0.1) is 11.7 Å². The molecule has 2 unspecified atom stereocenters. The number of amides is 1. The Morgan fingerprint density at radius 1 is 1.52 bits per heavy atom. The highest BCUT2D eigenvalue weighted by molar-refractivity contribution is 7.89. The van der Waals surface area contributed by atoms with Gasteiger partial charge in [0.25, 0.3) is 5.91 Å². The summed E-state index contributed by atoms with van der Waals surface area (Å²) in [4.78, 5) is 11.7. The summed E-state index contributed by atoms with van der Waals surface area (Å²) in [6.07, 6.45) is 0.842. The van der Waals surface area contributed by atoms with E-state index in [1.165, 1.54) is 0 Å². The number of hydrogen-bond acceptors (Lipinski definition) is 4. The van der Waals surface area contributed by atoms with Crippen LogP contribution >= 0.6 is 0 Å². The molecular weight excluding hydrogens is 299 g/mol. The summed E-state index contributed by atoms with van der Waals surface area (Å²) >= 11 is 0. The third-order valence-electron chi connectivity index (χ3n) is 3.54. The Kier molecular flexibility index (Phi) is 4.60. The fraction of sp³-hybridized carbons (Fsp3) is 0.462. The van der Waals surface area contributed by atoms with Crippen molar-refractivity contribution in [2.45, 2.75) is 24.3 Å². The van der Waals surface area contributed by atoms with E-state index >= 15 is 0 Å². The SMILES string of the molecule is CC(NC(=O)c1ccc(S(N)(=O)=O)cc1F)C1CCOC1. The van der Waals surface area contributed by atoms with Crippen molar-refractivity contribution in [3.63, 3.8) is 0 Å². The lowest BCUT2D eigenvalue weighted by molar-refractivity contribution is 0.0918. The van der Waals surface area contributed by atoms with Crippen LogP contribution in [0.4, 0.5) is 4.39 Å². The number of benzene rings is 1. The molecule has 3 N–H and O–H groups in total. The van der Waals surface area contributed by atoms with Gasteiger partial charge in [-0.25, -0.2) is 17.9 Å². The van der Waals surface area contributed by atoms with Crippen LogP contribution < -0.4 is 10.5 Å².